The zero-order valence-corrected chi connectivity index (χ0v) is 15.8. The Morgan fingerprint density at radius 3 is 2.17 bits per heavy atom. The Morgan fingerprint density at radius 1 is 0.958 bits per heavy atom. The molecule has 0 radical (unpaired) electrons. The van der Waals surface area contributed by atoms with Gasteiger partial charge in [-0.15, -0.1) is 0 Å². The standard InChI is InChI=1S/C20H20BrNO.ClH/c21-18-10-8-17(9-11-18)20(16-6-2-1-3-7-16)14-19(23)15-22-12-4-5-13-22;/h1-3,6-11,14H,4-5,12-13,15H2;1H/b20-14+;. The average Bonchev–Trinajstić information content (AvgIpc) is 3.07. The van der Waals surface area contributed by atoms with Gasteiger partial charge in [-0.3, -0.25) is 4.79 Å². The summed E-state index contributed by atoms with van der Waals surface area (Å²) in [5.41, 5.74) is 3.16. The van der Waals surface area contributed by atoms with Crippen LogP contribution in [0.3, 0.4) is 0 Å². The van der Waals surface area contributed by atoms with Crippen LogP contribution in [0.1, 0.15) is 24.0 Å². The number of nitrogens with one attached hydrogen (secondary N) is 1. The van der Waals surface area contributed by atoms with Gasteiger partial charge in [-0.05, 0) is 34.9 Å². The van der Waals surface area contributed by atoms with Crippen LogP contribution in [0.25, 0.3) is 5.57 Å². The average molecular weight is 407 g/mol. The van der Waals surface area contributed by atoms with Gasteiger partial charge >= 0.3 is 0 Å². The van der Waals surface area contributed by atoms with Crippen molar-refractivity contribution >= 4 is 27.3 Å². The van der Waals surface area contributed by atoms with E-state index in [0.29, 0.717) is 6.54 Å². The molecule has 2 nitrogen and oxygen atoms in total. The second-order valence-electron chi connectivity index (χ2n) is 6.03. The summed E-state index contributed by atoms with van der Waals surface area (Å²) in [6.45, 7) is 2.85. The quantitative estimate of drug-likeness (QED) is 0.701. The van der Waals surface area contributed by atoms with E-state index < -0.39 is 0 Å². The molecule has 0 bridgehead atoms. The van der Waals surface area contributed by atoms with Crippen LogP contribution in [-0.2, 0) is 4.79 Å². The monoisotopic (exact) mass is 405 g/mol. The third kappa shape index (κ3) is 5.04. The lowest BCUT2D eigenvalue weighted by Crippen LogP contribution is -3.10. The van der Waals surface area contributed by atoms with Crippen LogP contribution in [0, 0.1) is 0 Å². The first-order valence-corrected chi connectivity index (χ1v) is 8.91. The van der Waals surface area contributed by atoms with E-state index in [1.807, 2.05) is 36.4 Å². The largest absolute Gasteiger partial charge is 1.00 e. The highest BCUT2D eigenvalue weighted by molar-refractivity contribution is 9.10. The lowest BCUT2D eigenvalue weighted by molar-refractivity contribution is -0.878. The van der Waals surface area contributed by atoms with E-state index >= 15 is 0 Å². The molecule has 2 aromatic carbocycles. The summed E-state index contributed by atoms with van der Waals surface area (Å²) in [5.74, 6) is 0.212. The lowest BCUT2D eigenvalue weighted by atomic mass is 9.96. The maximum atomic E-state index is 12.5. The predicted molar refractivity (Wildman–Crippen MR) is 97.5 cm³/mol. The first kappa shape index (κ1) is 18.9. The minimum atomic E-state index is 0. The molecule has 1 saturated heterocycles. The van der Waals surface area contributed by atoms with Gasteiger partial charge in [0, 0.05) is 17.3 Å². The molecule has 24 heavy (non-hydrogen) atoms. The maximum Gasteiger partial charge on any atom is 0.210 e. The van der Waals surface area contributed by atoms with Gasteiger partial charge in [0.2, 0.25) is 5.78 Å². The molecule has 1 N–H and O–H groups in total. The molecular formula is C20H21BrClNO. The fourth-order valence-corrected chi connectivity index (χ4v) is 3.36. The third-order valence-corrected chi connectivity index (χ3v) is 4.81. The molecule has 0 amide bonds. The smallest absolute Gasteiger partial charge is 0.210 e. The molecule has 0 spiro atoms. The van der Waals surface area contributed by atoms with E-state index in [9.17, 15) is 4.79 Å². The fourth-order valence-electron chi connectivity index (χ4n) is 3.09. The minimum absolute atomic E-state index is 0. The Morgan fingerprint density at radius 2 is 1.54 bits per heavy atom. The summed E-state index contributed by atoms with van der Waals surface area (Å²) in [4.78, 5) is 13.9. The number of benzene rings is 2. The van der Waals surface area contributed by atoms with Gasteiger partial charge in [-0.2, -0.15) is 0 Å². The van der Waals surface area contributed by atoms with Crippen molar-refractivity contribution < 1.29 is 22.1 Å². The van der Waals surface area contributed by atoms with Crippen molar-refractivity contribution in [1.82, 2.24) is 0 Å². The van der Waals surface area contributed by atoms with Crippen LogP contribution in [0.2, 0.25) is 0 Å². The molecule has 2 aromatic rings. The Labute approximate surface area is 158 Å². The molecule has 126 valence electrons. The van der Waals surface area contributed by atoms with Crippen molar-refractivity contribution in [3.05, 3.63) is 76.3 Å². The minimum Gasteiger partial charge on any atom is -1.00 e. The number of ketones is 1. The number of rotatable bonds is 5. The molecule has 1 fully saturated rings. The molecule has 0 aliphatic carbocycles. The Bertz CT molecular complexity index is 691. The molecule has 0 aromatic heterocycles. The van der Waals surface area contributed by atoms with Crippen LogP contribution in [-0.4, -0.2) is 25.4 Å². The Kier molecular flexibility index (Phi) is 7.22. The maximum absolute atomic E-state index is 12.5. The molecule has 4 heteroatoms. The van der Waals surface area contributed by atoms with Crippen molar-refractivity contribution in [3.63, 3.8) is 0 Å². The van der Waals surface area contributed by atoms with Crippen molar-refractivity contribution in [2.75, 3.05) is 19.6 Å². The van der Waals surface area contributed by atoms with Crippen LogP contribution >= 0.6 is 15.9 Å². The number of halogens is 2. The molecular weight excluding hydrogens is 386 g/mol. The predicted octanol–water partition coefficient (Wildman–Crippen LogP) is 0.133. The van der Waals surface area contributed by atoms with E-state index in [-0.39, 0.29) is 18.2 Å². The summed E-state index contributed by atoms with van der Waals surface area (Å²) in [6, 6.07) is 18.3. The summed E-state index contributed by atoms with van der Waals surface area (Å²) >= 11 is 3.47. The van der Waals surface area contributed by atoms with Crippen LogP contribution < -0.4 is 17.3 Å². The van der Waals surface area contributed by atoms with Crippen molar-refractivity contribution in [3.8, 4) is 0 Å². The highest BCUT2D eigenvalue weighted by Gasteiger charge is 2.18. The zero-order chi connectivity index (χ0) is 16.1. The molecule has 1 aliphatic heterocycles. The highest BCUT2D eigenvalue weighted by atomic mass is 79.9. The van der Waals surface area contributed by atoms with Crippen molar-refractivity contribution in [2.24, 2.45) is 0 Å². The van der Waals surface area contributed by atoms with E-state index in [1.165, 1.54) is 17.7 Å². The summed E-state index contributed by atoms with van der Waals surface area (Å²) in [7, 11) is 0. The number of quaternary nitrogens is 1. The van der Waals surface area contributed by atoms with Gasteiger partial charge in [0.05, 0.1) is 13.1 Å². The SMILES string of the molecule is O=C(/C=C(\c1ccccc1)c1ccc(Br)cc1)C[NH+]1CCCC1.[Cl-]. The molecule has 1 heterocycles. The first-order valence-electron chi connectivity index (χ1n) is 8.12. The molecule has 0 saturated carbocycles. The number of hydrogen-bond acceptors (Lipinski definition) is 1. The summed E-state index contributed by atoms with van der Waals surface area (Å²) < 4.78 is 1.04. The van der Waals surface area contributed by atoms with Crippen molar-refractivity contribution in [2.45, 2.75) is 12.8 Å². The van der Waals surface area contributed by atoms with Gasteiger partial charge in [-0.25, -0.2) is 0 Å². The molecule has 0 unspecified atom stereocenters. The van der Waals surface area contributed by atoms with Gasteiger partial charge in [0.1, 0.15) is 6.54 Å². The highest BCUT2D eigenvalue weighted by Crippen LogP contribution is 2.24. The number of likely N-dealkylation sites (tertiary alicyclic amines) is 1. The van der Waals surface area contributed by atoms with Crippen molar-refractivity contribution in [1.29, 1.82) is 0 Å². The zero-order valence-electron chi connectivity index (χ0n) is 13.5. The third-order valence-electron chi connectivity index (χ3n) is 4.28. The molecule has 0 atom stereocenters. The van der Waals surface area contributed by atoms with Gasteiger partial charge in [-0.1, -0.05) is 58.4 Å². The van der Waals surface area contributed by atoms with Gasteiger partial charge in [0.25, 0.3) is 0 Å². The molecule has 3 rings (SSSR count). The topological polar surface area (TPSA) is 21.5 Å². The number of carbonyl (C=O) groups excluding carboxylic acids is 1. The second kappa shape index (κ2) is 9.16. The first-order chi connectivity index (χ1) is 11.2. The Hall–Kier alpha value is -1.42. The van der Waals surface area contributed by atoms with Gasteiger partial charge in [0.15, 0.2) is 0 Å². The second-order valence-corrected chi connectivity index (χ2v) is 6.95. The normalized spacial score (nSPS) is 15.1. The number of hydrogen-bond donors (Lipinski definition) is 1. The molecule has 1 aliphatic rings. The summed E-state index contributed by atoms with van der Waals surface area (Å²) in [5, 5.41) is 0. The van der Waals surface area contributed by atoms with E-state index in [2.05, 4.69) is 40.2 Å². The van der Waals surface area contributed by atoms with E-state index in [4.69, 9.17) is 0 Å². The van der Waals surface area contributed by atoms with Crippen LogP contribution in [0.5, 0.6) is 0 Å². The van der Waals surface area contributed by atoms with Crippen LogP contribution in [0.4, 0.5) is 0 Å². The number of carbonyl (C=O) groups is 1. The Balaban J connectivity index is 0.00000208. The van der Waals surface area contributed by atoms with Gasteiger partial charge < -0.3 is 17.3 Å². The van der Waals surface area contributed by atoms with Crippen LogP contribution in [0.15, 0.2) is 65.1 Å². The lowest BCUT2D eigenvalue weighted by Gasteiger charge is -2.11. The van der Waals surface area contributed by atoms with E-state index in [1.54, 1.807) is 0 Å². The fraction of sp³-hybridized carbons (Fsp3) is 0.250. The summed E-state index contributed by atoms with van der Waals surface area (Å²) in [6.07, 6.45) is 4.30. The van der Waals surface area contributed by atoms with E-state index in [0.717, 1.165) is 34.3 Å².